The molecule has 0 atom stereocenters. The number of hydrogen-bond acceptors (Lipinski definition) is 4. The zero-order valence-electron chi connectivity index (χ0n) is 14.7. The molecule has 28 heavy (non-hydrogen) atoms. The van der Waals surface area contributed by atoms with E-state index in [1.807, 2.05) is 28.8 Å². The smallest absolute Gasteiger partial charge is 0.416 e. The molecular formula is C19H16F3N3O2S. The molecule has 0 aliphatic rings. The summed E-state index contributed by atoms with van der Waals surface area (Å²) in [6.07, 6.45) is -1.00. The summed E-state index contributed by atoms with van der Waals surface area (Å²) >= 11 is 1.22. The summed E-state index contributed by atoms with van der Waals surface area (Å²) in [5, 5.41) is 3.19. The van der Waals surface area contributed by atoms with Gasteiger partial charge in [-0.25, -0.2) is 4.98 Å². The van der Waals surface area contributed by atoms with E-state index in [1.54, 1.807) is 19.5 Å². The van der Waals surface area contributed by atoms with Crippen LogP contribution in [0.15, 0.2) is 66.1 Å². The van der Waals surface area contributed by atoms with Crippen LogP contribution in [0.1, 0.15) is 5.56 Å². The highest BCUT2D eigenvalue weighted by molar-refractivity contribution is 7.99. The number of methoxy groups -OCH3 is 1. The second-order valence-electron chi connectivity index (χ2n) is 5.69. The minimum atomic E-state index is -4.41. The molecule has 9 heteroatoms. The molecule has 0 unspecified atom stereocenters. The molecule has 0 saturated heterocycles. The second kappa shape index (κ2) is 8.39. The third-order valence-electron chi connectivity index (χ3n) is 3.79. The van der Waals surface area contributed by atoms with Crippen molar-refractivity contribution in [2.24, 2.45) is 0 Å². The molecule has 3 aromatic rings. The van der Waals surface area contributed by atoms with Crippen molar-refractivity contribution in [3.63, 3.8) is 0 Å². The molecular weight excluding hydrogens is 391 g/mol. The highest BCUT2D eigenvalue weighted by Crippen LogP contribution is 2.30. The number of aromatic nitrogens is 2. The number of carbonyl (C=O) groups is 1. The van der Waals surface area contributed by atoms with E-state index in [0.717, 1.165) is 23.6 Å². The van der Waals surface area contributed by atoms with Gasteiger partial charge in [0.05, 0.1) is 18.4 Å². The average Bonchev–Trinajstić information content (AvgIpc) is 3.15. The van der Waals surface area contributed by atoms with Crippen LogP contribution in [-0.4, -0.2) is 28.3 Å². The van der Waals surface area contributed by atoms with Gasteiger partial charge in [-0.15, -0.1) is 0 Å². The number of nitrogens with zero attached hydrogens (tertiary/aromatic N) is 2. The molecule has 0 aliphatic heterocycles. The number of anilines is 1. The maximum atomic E-state index is 12.6. The van der Waals surface area contributed by atoms with E-state index >= 15 is 0 Å². The van der Waals surface area contributed by atoms with E-state index in [9.17, 15) is 18.0 Å². The molecule has 0 saturated carbocycles. The van der Waals surface area contributed by atoms with Gasteiger partial charge in [0, 0.05) is 23.8 Å². The van der Waals surface area contributed by atoms with Gasteiger partial charge < -0.3 is 10.1 Å². The first-order valence-corrected chi connectivity index (χ1v) is 9.13. The monoisotopic (exact) mass is 407 g/mol. The molecule has 0 fully saturated rings. The van der Waals surface area contributed by atoms with E-state index in [4.69, 9.17) is 4.74 Å². The first-order chi connectivity index (χ1) is 13.4. The van der Waals surface area contributed by atoms with Crippen molar-refractivity contribution in [1.82, 2.24) is 9.55 Å². The maximum absolute atomic E-state index is 12.6. The Kier molecular flexibility index (Phi) is 5.93. The molecule has 1 heterocycles. The van der Waals surface area contributed by atoms with Gasteiger partial charge in [-0.3, -0.25) is 9.36 Å². The third kappa shape index (κ3) is 4.86. The molecule has 3 rings (SSSR count). The van der Waals surface area contributed by atoms with Crippen molar-refractivity contribution in [3.8, 4) is 11.4 Å². The van der Waals surface area contributed by atoms with Crippen molar-refractivity contribution in [3.05, 3.63) is 66.5 Å². The van der Waals surface area contributed by atoms with Crippen LogP contribution in [0.3, 0.4) is 0 Å². The minimum Gasteiger partial charge on any atom is -0.497 e. The van der Waals surface area contributed by atoms with Crippen LogP contribution in [-0.2, 0) is 11.0 Å². The summed E-state index contributed by atoms with van der Waals surface area (Å²) in [7, 11) is 1.59. The Hall–Kier alpha value is -2.94. The van der Waals surface area contributed by atoms with Gasteiger partial charge in [-0.2, -0.15) is 13.2 Å². The Morgan fingerprint density at radius 2 is 1.82 bits per heavy atom. The number of carbonyl (C=O) groups excluding carboxylic acids is 1. The molecule has 0 aliphatic carbocycles. The number of alkyl halides is 3. The van der Waals surface area contributed by atoms with E-state index < -0.39 is 11.7 Å². The standard InChI is InChI=1S/C19H16F3N3O2S/c1-27-16-8-6-15(7-9-16)25-11-10-23-18(25)28-12-17(26)24-14-4-2-13(3-5-14)19(20,21)22/h2-11H,12H2,1H3,(H,24,26). The first kappa shape index (κ1) is 19.8. The lowest BCUT2D eigenvalue weighted by Crippen LogP contribution is -2.15. The normalized spacial score (nSPS) is 11.3. The van der Waals surface area contributed by atoms with Crippen LogP contribution >= 0.6 is 11.8 Å². The molecule has 5 nitrogen and oxygen atoms in total. The van der Waals surface area contributed by atoms with Gasteiger partial charge in [0.2, 0.25) is 5.91 Å². The Labute approximate surface area is 163 Å². The van der Waals surface area contributed by atoms with Crippen molar-refractivity contribution in [1.29, 1.82) is 0 Å². The number of nitrogens with one attached hydrogen (secondary N) is 1. The number of hydrogen-bond donors (Lipinski definition) is 1. The van der Waals surface area contributed by atoms with Gasteiger partial charge in [-0.05, 0) is 48.5 Å². The van der Waals surface area contributed by atoms with Gasteiger partial charge in [0.25, 0.3) is 0 Å². The first-order valence-electron chi connectivity index (χ1n) is 8.14. The van der Waals surface area contributed by atoms with E-state index in [0.29, 0.717) is 10.8 Å². The number of thioether (sulfide) groups is 1. The lowest BCUT2D eigenvalue weighted by molar-refractivity contribution is -0.137. The predicted octanol–water partition coefficient (Wildman–Crippen LogP) is 4.63. The molecule has 2 aromatic carbocycles. The van der Waals surface area contributed by atoms with Crippen molar-refractivity contribution in [2.45, 2.75) is 11.3 Å². The fourth-order valence-electron chi connectivity index (χ4n) is 2.41. The Balaban J connectivity index is 1.60. The number of amides is 1. The molecule has 1 aromatic heterocycles. The molecule has 0 spiro atoms. The van der Waals surface area contributed by atoms with E-state index in [1.165, 1.54) is 23.9 Å². The van der Waals surface area contributed by atoms with Crippen molar-refractivity contribution < 1.29 is 22.7 Å². The van der Waals surface area contributed by atoms with Crippen molar-refractivity contribution in [2.75, 3.05) is 18.2 Å². The quantitative estimate of drug-likeness (QED) is 0.606. The SMILES string of the molecule is COc1ccc(-n2ccnc2SCC(=O)Nc2ccc(C(F)(F)F)cc2)cc1. The average molecular weight is 407 g/mol. The van der Waals surface area contributed by atoms with Crippen LogP contribution in [0.25, 0.3) is 5.69 Å². The number of rotatable bonds is 6. The van der Waals surface area contributed by atoms with Gasteiger partial charge in [0.1, 0.15) is 5.75 Å². The number of imidazole rings is 1. The van der Waals surface area contributed by atoms with E-state index in [-0.39, 0.29) is 11.7 Å². The summed E-state index contributed by atoms with van der Waals surface area (Å²) in [6.45, 7) is 0. The summed E-state index contributed by atoms with van der Waals surface area (Å²) in [6, 6.07) is 11.7. The molecule has 0 radical (unpaired) electrons. The summed E-state index contributed by atoms with van der Waals surface area (Å²) in [5.41, 5.74) is 0.405. The largest absolute Gasteiger partial charge is 0.497 e. The second-order valence-corrected chi connectivity index (χ2v) is 6.63. The Morgan fingerprint density at radius 3 is 2.43 bits per heavy atom. The lowest BCUT2D eigenvalue weighted by atomic mass is 10.2. The number of ether oxygens (including phenoxy) is 1. The van der Waals surface area contributed by atoms with Crippen LogP contribution < -0.4 is 10.1 Å². The third-order valence-corrected chi connectivity index (χ3v) is 4.75. The Bertz CT molecular complexity index is 938. The predicted molar refractivity (Wildman–Crippen MR) is 101 cm³/mol. The highest BCUT2D eigenvalue weighted by Gasteiger charge is 2.29. The highest BCUT2D eigenvalue weighted by atomic mass is 32.2. The van der Waals surface area contributed by atoms with Gasteiger partial charge >= 0.3 is 6.18 Å². The van der Waals surface area contributed by atoms with E-state index in [2.05, 4.69) is 10.3 Å². The lowest BCUT2D eigenvalue weighted by Gasteiger charge is -2.10. The Morgan fingerprint density at radius 1 is 1.14 bits per heavy atom. The molecule has 146 valence electrons. The number of halogens is 3. The van der Waals surface area contributed by atoms with Crippen molar-refractivity contribution >= 4 is 23.4 Å². The molecule has 1 N–H and O–H groups in total. The fraction of sp³-hybridized carbons (Fsp3) is 0.158. The van der Waals surface area contributed by atoms with Crippen LogP contribution in [0, 0.1) is 0 Å². The summed E-state index contributed by atoms with van der Waals surface area (Å²) < 4.78 is 44.7. The number of benzene rings is 2. The van der Waals surface area contributed by atoms with Gasteiger partial charge in [0.15, 0.2) is 5.16 Å². The molecule has 0 bridgehead atoms. The van der Waals surface area contributed by atoms with Gasteiger partial charge in [-0.1, -0.05) is 11.8 Å². The zero-order valence-corrected chi connectivity index (χ0v) is 15.6. The van der Waals surface area contributed by atoms with Crippen LogP contribution in [0.5, 0.6) is 5.75 Å². The van der Waals surface area contributed by atoms with Crippen LogP contribution in [0.4, 0.5) is 18.9 Å². The maximum Gasteiger partial charge on any atom is 0.416 e. The fourth-order valence-corrected chi connectivity index (χ4v) is 3.18. The topological polar surface area (TPSA) is 56.2 Å². The summed E-state index contributed by atoms with van der Waals surface area (Å²) in [4.78, 5) is 16.4. The zero-order chi connectivity index (χ0) is 20.1. The summed E-state index contributed by atoms with van der Waals surface area (Å²) in [5.74, 6) is 0.455. The van der Waals surface area contributed by atoms with Crippen LogP contribution in [0.2, 0.25) is 0 Å². The minimum absolute atomic E-state index is 0.0637. The molecule has 1 amide bonds.